The van der Waals surface area contributed by atoms with Gasteiger partial charge in [0.2, 0.25) is 11.8 Å². The minimum atomic E-state index is -1.18. The van der Waals surface area contributed by atoms with E-state index in [0.717, 1.165) is 18.4 Å². The zero-order chi connectivity index (χ0) is 33.2. The van der Waals surface area contributed by atoms with Gasteiger partial charge in [0.15, 0.2) is 11.5 Å². The Morgan fingerprint density at radius 2 is 1.83 bits per heavy atom. The lowest BCUT2D eigenvalue weighted by atomic mass is 9.77. The molecule has 1 heterocycles. The van der Waals surface area contributed by atoms with Crippen molar-refractivity contribution in [3.63, 3.8) is 0 Å². The Bertz CT molecular complexity index is 1510. The highest BCUT2D eigenvalue weighted by atomic mass is 16.5. The standard InChI is InChI=1S/C36H46N2O9/c1-44-25-6-7-29(45-2)23(16-25)8-10-38(31(41)17-24-13-20-4-5-22(24)12-20)28-18-27(36(43)37-9-11-39)32-26-14-21(19-40)15-30(46-3)34(26)47-35(32)33(28)42/h6-7,14-16,18,20,22,24,28,32-33,35,39-40,42H,4-5,8-13,17,19H2,1-3H3,(H,37,43)/t20?,22?,24?,28-,32+,33+,35+/m1/s1. The monoisotopic (exact) mass is 650 g/mol. The number of ether oxygens (including phenoxy) is 4. The summed E-state index contributed by atoms with van der Waals surface area (Å²) in [5.74, 6) is 2.44. The molecule has 2 amide bonds. The molecule has 254 valence electrons. The van der Waals surface area contributed by atoms with E-state index in [9.17, 15) is 24.9 Å². The van der Waals surface area contributed by atoms with Gasteiger partial charge in [0.05, 0.1) is 46.5 Å². The van der Waals surface area contributed by atoms with Gasteiger partial charge >= 0.3 is 0 Å². The third-order valence-electron chi connectivity index (χ3n) is 10.6. The van der Waals surface area contributed by atoms with E-state index in [1.807, 2.05) is 18.2 Å². The molecule has 1 aliphatic heterocycles. The first kappa shape index (κ1) is 33.1. The van der Waals surface area contributed by atoms with Gasteiger partial charge in [-0.2, -0.15) is 0 Å². The molecule has 0 radical (unpaired) electrons. The number of fused-ring (bicyclic) bond motifs is 5. The summed E-state index contributed by atoms with van der Waals surface area (Å²) in [6, 6.07) is 8.09. The van der Waals surface area contributed by atoms with E-state index in [-0.39, 0.29) is 32.2 Å². The van der Waals surface area contributed by atoms with Crippen LogP contribution >= 0.6 is 0 Å². The SMILES string of the molecule is COc1ccc(OC)c(CCN(C(=O)CC2CC3CCC2C3)[C@@H]2C=C(C(=O)NCCO)[C@@H]3c4cc(CO)cc(OC)c4O[C@@H]3[C@H]2O)c1. The molecule has 7 atom stereocenters. The van der Waals surface area contributed by atoms with Crippen molar-refractivity contribution in [2.75, 3.05) is 41.0 Å². The van der Waals surface area contributed by atoms with E-state index >= 15 is 0 Å². The summed E-state index contributed by atoms with van der Waals surface area (Å²) in [5.41, 5.74) is 2.36. The molecule has 47 heavy (non-hydrogen) atoms. The summed E-state index contributed by atoms with van der Waals surface area (Å²) in [4.78, 5) is 29.8. The molecule has 3 aliphatic carbocycles. The highest BCUT2D eigenvalue weighted by molar-refractivity contribution is 5.96. The number of carbonyl (C=O) groups is 2. The molecule has 3 unspecified atom stereocenters. The number of amides is 2. The predicted molar refractivity (Wildman–Crippen MR) is 173 cm³/mol. The van der Waals surface area contributed by atoms with E-state index in [1.54, 1.807) is 37.3 Å². The summed E-state index contributed by atoms with van der Waals surface area (Å²) in [6.45, 7) is -0.196. The van der Waals surface area contributed by atoms with Crippen LogP contribution in [-0.2, 0) is 22.6 Å². The van der Waals surface area contributed by atoms with Gasteiger partial charge in [-0.05, 0) is 91.0 Å². The molecule has 11 nitrogen and oxygen atoms in total. The molecule has 0 aromatic heterocycles. The van der Waals surface area contributed by atoms with Gasteiger partial charge in [-0.15, -0.1) is 0 Å². The van der Waals surface area contributed by atoms with Crippen LogP contribution in [0.4, 0.5) is 0 Å². The Labute approximate surface area is 275 Å². The minimum Gasteiger partial charge on any atom is -0.497 e. The Morgan fingerprint density at radius 1 is 1.02 bits per heavy atom. The molecule has 2 aromatic rings. The largest absolute Gasteiger partial charge is 0.497 e. The Balaban J connectivity index is 1.38. The van der Waals surface area contributed by atoms with Crippen LogP contribution in [-0.4, -0.2) is 91.3 Å². The first-order chi connectivity index (χ1) is 22.8. The number of aliphatic hydroxyl groups is 3. The normalized spacial score (nSPS) is 26.9. The van der Waals surface area contributed by atoms with Crippen molar-refractivity contribution in [1.29, 1.82) is 0 Å². The fourth-order valence-electron chi connectivity index (χ4n) is 8.35. The number of aliphatic hydroxyl groups excluding tert-OH is 3. The lowest BCUT2D eigenvalue weighted by Gasteiger charge is -2.41. The van der Waals surface area contributed by atoms with Crippen LogP contribution in [0.3, 0.4) is 0 Å². The molecule has 2 aromatic carbocycles. The van der Waals surface area contributed by atoms with Gasteiger partial charge in [-0.1, -0.05) is 6.42 Å². The second-order valence-electron chi connectivity index (χ2n) is 13.2. The number of methoxy groups -OCH3 is 3. The Kier molecular flexibility index (Phi) is 9.96. The van der Waals surface area contributed by atoms with Gasteiger partial charge < -0.3 is 44.5 Å². The Hall–Kier alpha value is -3.80. The predicted octanol–water partition coefficient (Wildman–Crippen LogP) is 2.72. The zero-order valence-electron chi connectivity index (χ0n) is 27.3. The number of nitrogens with zero attached hydrogens (tertiary/aromatic N) is 1. The van der Waals surface area contributed by atoms with Crippen molar-refractivity contribution < 1.29 is 43.9 Å². The fraction of sp³-hybridized carbons (Fsp3) is 0.556. The van der Waals surface area contributed by atoms with Gasteiger partial charge in [0, 0.05) is 30.6 Å². The van der Waals surface area contributed by atoms with Crippen LogP contribution < -0.4 is 24.3 Å². The van der Waals surface area contributed by atoms with Crippen LogP contribution in [0.5, 0.6) is 23.0 Å². The summed E-state index contributed by atoms with van der Waals surface area (Å²) in [6.07, 6.45) is 5.01. The van der Waals surface area contributed by atoms with Crippen molar-refractivity contribution in [2.24, 2.45) is 17.8 Å². The maximum Gasteiger partial charge on any atom is 0.247 e. The second kappa shape index (κ2) is 14.1. The molecule has 6 rings (SSSR count). The third-order valence-corrected chi connectivity index (χ3v) is 10.6. The summed E-state index contributed by atoms with van der Waals surface area (Å²) in [7, 11) is 4.69. The maximum atomic E-state index is 14.4. The van der Waals surface area contributed by atoms with Crippen LogP contribution in [0.2, 0.25) is 0 Å². The van der Waals surface area contributed by atoms with E-state index < -0.39 is 30.1 Å². The average molecular weight is 651 g/mol. The molecule has 0 saturated heterocycles. The summed E-state index contributed by atoms with van der Waals surface area (Å²) in [5, 5.41) is 34.3. The number of nitrogens with one attached hydrogen (secondary N) is 1. The molecule has 2 fully saturated rings. The van der Waals surface area contributed by atoms with Crippen molar-refractivity contribution in [2.45, 2.75) is 69.3 Å². The first-order valence-electron chi connectivity index (χ1n) is 16.6. The van der Waals surface area contributed by atoms with Gasteiger partial charge in [0.1, 0.15) is 23.7 Å². The maximum absolute atomic E-state index is 14.4. The number of hydrogen-bond donors (Lipinski definition) is 4. The lowest BCUT2D eigenvalue weighted by molar-refractivity contribution is -0.138. The molecule has 11 heteroatoms. The van der Waals surface area contributed by atoms with Crippen LogP contribution in [0, 0.1) is 17.8 Å². The molecule has 2 saturated carbocycles. The van der Waals surface area contributed by atoms with Crippen molar-refractivity contribution in [3.8, 4) is 23.0 Å². The molecule has 4 aliphatic rings. The van der Waals surface area contributed by atoms with Gasteiger partial charge in [-0.3, -0.25) is 9.59 Å². The molecular weight excluding hydrogens is 604 g/mol. The number of benzene rings is 2. The van der Waals surface area contributed by atoms with Crippen molar-refractivity contribution in [3.05, 3.63) is 58.7 Å². The van der Waals surface area contributed by atoms with Crippen molar-refractivity contribution >= 4 is 11.8 Å². The number of carbonyl (C=O) groups excluding carboxylic acids is 2. The summed E-state index contributed by atoms with van der Waals surface area (Å²) < 4.78 is 23.1. The molecule has 4 N–H and O–H groups in total. The average Bonchev–Trinajstić information content (AvgIpc) is 3.82. The quantitative estimate of drug-likeness (QED) is 0.257. The second-order valence-corrected chi connectivity index (χ2v) is 13.2. The third kappa shape index (κ3) is 6.40. The lowest BCUT2D eigenvalue weighted by Crippen LogP contribution is -2.56. The first-order valence-corrected chi connectivity index (χ1v) is 16.6. The molecule has 0 spiro atoms. The van der Waals surface area contributed by atoms with Crippen LogP contribution in [0.15, 0.2) is 42.0 Å². The van der Waals surface area contributed by atoms with Gasteiger partial charge in [-0.25, -0.2) is 0 Å². The fourth-order valence-corrected chi connectivity index (χ4v) is 8.35. The smallest absolute Gasteiger partial charge is 0.247 e. The highest BCUT2D eigenvalue weighted by Gasteiger charge is 2.52. The number of rotatable bonds is 13. The summed E-state index contributed by atoms with van der Waals surface area (Å²) >= 11 is 0. The van der Waals surface area contributed by atoms with Crippen molar-refractivity contribution in [1.82, 2.24) is 10.2 Å². The van der Waals surface area contributed by atoms with E-state index in [0.29, 0.717) is 70.3 Å². The molecular formula is C36H46N2O9. The zero-order valence-corrected chi connectivity index (χ0v) is 27.3. The minimum absolute atomic E-state index is 0.0387. The number of hydrogen-bond acceptors (Lipinski definition) is 9. The van der Waals surface area contributed by atoms with Crippen LogP contribution in [0.25, 0.3) is 0 Å². The van der Waals surface area contributed by atoms with E-state index in [1.165, 1.54) is 20.0 Å². The van der Waals surface area contributed by atoms with Crippen LogP contribution in [0.1, 0.15) is 54.7 Å². The molecule has 2 bridgehead atoms. The topological polar surface area (TPSA) is 147 Å². The van der Waals surface area contributed by atoms with E-state index in [4.69, 9.17) is 18.9 Å². The Morgan fingerprint density at radius 3 is 2.49 bits per heavy atom. The van der Waals surface area contributed by atoms with Gasteiger partial charge in [0.25, 0.3) is 0 Å². The highest BCUT2D eigenvalue weighted by Crippen LogP contribution is 2.52. The van der Waals surface area contributed by atoms with E-state index in [2.05, 4.69) is 5.32 Å².